The molecule has 0 aromatic rings. The second-order valence-corrected chi connectivity index (χ2v) is 5.91. The highest BCUT2D eigenvalue weighted by Crippen LogP contribution is 2.52. The Labute approximate surface area is 109 Å². The Hall–Kier alpha value is -1.01. The maximum Gasteiger partial charge on any atom is 0.353 e. The number of hydrogen-bond acceptors (Lipinski definition) is 4. The minimum atomic E-state index is -1.02. The fourth-order valence-electron chi connectivity index (χ4n) is 2.80. The number of aliphatic carboxylic acids is 1. The van der Waals surface area contributed by atoms with Gasteiger partial charge in [0.1, 0.15) is 5.70 Å². The van der Waals surface area contributed by atoms with E-state index < -0.39 is 5.97 Å². The van der Waals surface area contributed by atoms with Crippen LogP contribution in [-0.2, 0) is 14.3 Å². The van der Waals surface area contributed by atoms with Gasteiger partial charge in [0, 0.05) is 11.5 Å². The predicted octanol–water partition coefficient (Wildman–Crippen LogP) is 1.40. The molecule has 0 aromatic carbocycles. The largest absolute Gasteiger partial charge is 0.477 e. The van der Waals surface area contributed by atoms with Crippen molar-refractivity contribution >= 4 is 23.6 Å². The average molecular weight is 269 g/mol. The maximum atomic E-state index is 11.9. The predicted molar refractivity (Wildman–Crippen MR) is 65.6 cm³/mol. The van der Waals surface area contributed by atoms with Crippen molar-refractivity contribution in [2.45, 2.75) is 37.7 Å². The van der Waals surface area contributed by atoms with Crippen molar-refractivity contribution in [3.05, 3.63) is 10.6 Å². The molecular weight excluding hydrogens is 254 g/mol. The molecule has 1 N–H and O–H groups in total. The van der Waals surface area contributed by atoms with E-state index in [1.54, 1.807) is 0 Å². The first-order chi connectivity index (χ1) is 8.65. The van der Waals surface area contributed by atoms with Crippen molar-refractivity contribution in [3.8, 4) is 0 Å². The summed E-state index contributed by atoms with van der Waals surface area (Å²) in [5, 5.41) is 9.30. The Balaban J connectivity index is 1.92. The molecule has 0 aliphatic carbocycles. The summed E-state index contributed by atoms with van der Waals surface area (Å²) in [5.41, 5.74) is 0.159. The second kappa shape index (κ2) is 4.28. The Kier molecular flexibility index (Phi) is 2.86. The summed E-state index contributed by atoms with van der Waals surface area (Å²) < 4.78 is 5.57. The lowest BCUT2D eigenvalue weighted by molar-refractivity contribution is -0.151. The molecule has 3 aliphatic heterocycles. The summed E-state index contributed by atoms with van der Waals surface area (Å²) in [4.78, 5) is 25.5. The van der Waals surface area contributed by atoms with Crippen molar-refractivity contribution in [2.75, 3.05) is 6.61 Å². The van der Waals surface area contributed by atoms with Gasteiger partial charge in [-0.3, -0.25) is 9.69 Å². The third-order valence-corrected chi connectivity index (χ3v) is 5.23. The number of ether oxygens (including phenoxy) is 1. The van der Waals surface area contributed by atoms with E-state index in [0.29, 0.717) is 6.61 Å². The molecule has 1 amide bonds. The minimum absolute atomic E-state index is 0.0206. The molecule has 3 atom stereocenters. The number of rotatable bonds is 3. The van der Waals surface area contributed by atoms with Crippen molar-refractivity contribution in [1.82, 2.24) is 4.90 Å². The van der Waals surface area contributed by atoms with Crippen molar-refractivity contribution < 1.29 is 19.4 Å². The first-order valence-corrected chi connectivity index (χ1v) is 7.12. The molecule has 98 valence electrons. The number of nitrogens with zero attached hydrogens (tertiary/aromatic N) is 1. The Morgan fingerprint density at radius 1 is 1.61 bits per heavy atom. The molecule has 5 nitrogen and oxygen atoms in total. The van der Waals surface area contributed by atoms with E-state index >= 15 is 0 Å². The molecule has 3 aliphatic rings. The van der Waals surface area contributed by atoms with Crippen molar-refractivity contribution in [1.29, 1.82) is 0 Å². The zero-order valence-corrected chi connectivity index (χ0v) is 10.9. The highest BCUT2D eigenvalue weighted by molar-refractivity contribution is 8.04. The fourth-order valence-corrected chi connectivity index (χ4v) is 4.48. The van der Waals surface area contributed by atoms with Crippen LogP contribution in [-0.4, -0.2) is 40.0 Å². The standard InChI is InChI=1S/C12H15NO4S/c1-2-6-10(14)13-8(12(15)16)9(18-11(6)13)7-4-3-5-17-7/h6-7,11H,2-5H2,1H3,(H,15,16)/t6-,7-,11-/m1/s1. The number of hydrogen-bond donors (Lipinski definition) is 1. The van der Waals surface area contributed by atoms with Gasteiger partial charge in [0.05, 0.1) is 17.4 Å². The van der Waals surface area contributed by atoms with Gasteiger partial charge in [-0.25, -0.2) is 4.79 Å². The highest BCUT2D eigenvalue weighted by atomic mass is 32.2. The van der Waals surface area contributed by atoms with Crippen LogP contribution >= 0.6 is 11.8 Å². The van der Waals surface area contributed by atoms with Gasteiger partial charge >= 0.3 is 5.97 Å². The van der Waals surface area contributed by atoms with Gasteiger partial charge in [-0.2, -0.15) is 0 Å². The quantitative estimate of drug-likeness (QED) is 0.784. The molecule has 2 fully saturated rings. The minimum Gasteiger partial charge on any atom is -0.477 e. The monoisotopic (exact) mass is 269 g/mol. The van der Waals surface area contributed by atoms with Gasteiger partial charge in [0.2, 0.25) is 5.91 Å². The van der Waals surface area contributed by atoms with Gasteiger partial charge in [-0.1, -0.05) is 18.7 Å². The Bertz CT molecular complexity index is 441. The molecule has 3 rings (SSSR count). The van der Waals surface area contributed by atoms with E-state index in [1.807, 2.05) is 6.92 Å². The molecule has 0 bridgehead atoms. The van der Waals surface area contributed by atoms with Crippen LogP contribution in [0.1, 0.15) is 26.2 Å². The number of amides is 1. The van der Waals surface area contributed by atoms with E-state index in [9.17, 15) is 14.7 Å². The van der Waals surface area contributed by atoms with E-state index in [2.05, 4.69) is 0 Å². The third-order valence-electron chi connectivity index (χ3n) is 3.74. The number of carboxylic acids is 1. The normalized spacial score (nSPS) is 34.8. The van der Waals surface area contributed by atoms with E-state index in [4.69, 9.17) is 4.74 Å². The number of thioether (sulfide) groups is 1. The summed E-state index contributed by atoms with van der Waals surface area (Å²) in [6.07, 6.45) is 2.44. The molecule has 6 heteroatoms. The van der Waals surface area contributed by atoms with Gasteiger partial charge < -0.3 is 9.84 Å². The summed E-state index contributed by atoms with van der Waals surface area (Å²) in [6, 6.07) is 0. The summed E-state index contributed by atoms with van der Waals surface area (Å²) in [6.45, 7) is 2.64. The molecule has 0 saturated carbocycles. The number of carbonyl (C=O) groups excluding carboxylic acids is 1. The molecule has 0 radical (unpaired) electrons. The van der Waals surface area contributed by atoms with E-state index in [0.717, 1.165) is 24.2 Å². The van der Waals surface area contributed by atoms with Crippen LogP contribution in [0.15, 0.2) is 10.6 Å². The topological polar surface area (TPSA) is 66.8 Å². The van der Waals surface area contributed by atoms with Crippen molar-refractivity contribution in [2.24, 2.45) is 5.92 Å². The maximum absolute atomic E-state index is 11.9. The van der Waals surface area contributed by atoms with Crippen LogP contribution in [0.3, 0.4) is 0 Å². The molecule has 0 unspecified atom stereocenters. The molecule has 0 aromatic heterocycles. The zero-order chi connectivity index (χ0) is 12.9. The first kappa shape index (κ1) is 12.0. The van der Waals surface area contributed by atoms with Gasteiger partial charge in [-0.15, -0.1) is 0 Å². The summed E-state index contributed by atoms with van der Waals surface area (Å²) >= 11 is 1.51. The zero-order valence-electron chi connectivity index (χ0n) is 10.1. The van der Waals surface area contributed by atoms with Crippen LogP contribution in [0.2, 0.25) is 0 Å². The Morgan fingerprint density at radius 3 is 2.94 bits per heavy atom. The first-order valence-electron chi connectivity index (χ1n) is 6.24. The lowest BCUT2D eigenvalue weighted by Gasteiger charge is -2.41. The summed E-state index contributed by atoms with van der Waals surface area (Å²) in [7, 11) is 0. The fraction of sp³-hybridized carbons (Fsp3) is 0.667. The molecule has 0 spiro atoms. The number of β-lactam (4-membered cyclic amide) rings is 1. The molecule has 2 saturated heterocycles. The van der Waals surface area contributed by atoms with Crippen LogP contribution in [0.25, 0.3) is 0 Å². The van der Waals surface area contributed by atoms with Crippen molar-refractivity contribution in [3.63, 3.8) is 0 Å². The van der Waals surface area contributed by atoms with Gasteiger partial charge in [0.15, 0.2) is 0 Å². The van der Waals surface area contributed by atoms with Gasteiger partial charge in [0.25, 0.3) is 0 Å². The van der Waals surface area contributed by atoms with Crippen LogP contribution in [0.4, 0.5) is 0 Å². The highest BCUT2D eigenvalue weighted by Gasteiger charge is 2.56. The Morgan fingerprint density at radius 2 is 2.39 bits per heavy atom. The van der Waals surface area contributed by atoms with Crippen LogP contribution in [0, 0.1) is 5.92 Å². The number of carbonyl (C=O) groups is 2. The van der Waals surface area contributed by atoms with E-state index in [-0.39, 0.29) is 29.0 Å². The number of carboxylic acid groups (broad SMARTS) is 1. The van der Waals surface area contributed by atoms with Gasteiger partial charge in [-0.05, 0) is 19.3 Å². The number of fused-ring (bicyclic) bond motifs is 1. The SMILES string of the molecule is CC[C@@H]1C(=O)N2C(C(=O)O)=C([C@H]3CCCO3)S[C@H]12. The molecule has 18 heavy (non-hydrogen) atoms. The van der Waals surface area contributed by atoms with Crippen LogP contribution < -0.4 is 0 Å². The van der Waals surface area contributed by atoms with E-state index in [1.165, 1.54) is 16.7 Å². The smallest absolute Gasteiger partial charge is 0.353 e. The third kappa shape index (κ3) is 1.52. The summed E-state index contributed by atoms with van der Waals surface area (Å²) in [5.74, 6) is -1.11. The second-order valence-electron chi connectivity index (χ2n) is 4.75. The van der Waals surface area contributed by atoms with Crippen LogP contribution in [0.5, 0.6) is 0 Å². The average Bonchev–Trinajstić information content (AvgIpc) is 2.93. The lowest BCUT2D eigenvalue weighted by Crippen LogP contribution is -2.56. The molecule has 3 heterocycles. The molecular formula is C12H15NO4S. The lowest BCUT2D eigenvalue weighted by atomic mass is 9.94.